The third kappa shape index (κ3) is 4.79. The molecule has 1 heterocycles. The van der Waals surface area contributed by atoms with E-state index in [1.165, 1.54) is 16.7 Å². The van der Waals surface area contributed by atoms with Crippen LogP contribution in [0.25, 0.3) is 0 Å². The van der Waals surface area contributed by atoms with Gasteiger partial charge in [0.05, 0.1) is 5.75 Å². The summed E-state index contributed by atoms with van der Waals surface area (Å²) in [6, 6.07) is 8.47. The van der Waals surface area contributed by atoms with Gasteiger partial charge in [-0.1, -0.05) is 18.2 Å². The van der Waals surface area contributed by atoms with E-state index in [2.05, 4.69) is 35.4 Å². The molecule has 5 heteroatoms. The molecule has 2 rings (SSSR count). The van der Waals surface area contributed by atoms with Crippen LogP contribution in [0.5, 0.6) is 0 Å². The monoisotopic (exact) mass is 313 g/mol. The van der Waals surface area contributed by atoms with Crippen molar-refractivity contribution in [2.75, 3.05) is 31.4 Å². The van der Waals surface area contributed by atoms with Crippen molar-refractivity contribution in [1.82, 2.24) is 4.90 Å². The number of thioether (sulfide) groups is 1. The van der Waals surface area contributed by atoms with E-state index in [0.717, 1.165) is 32.5 Å². The second kappa shape index (κ2) is 6.96. The molecule has 0 radical (unpaired) electrons. The SMILES string of the molecule is CSc1ccccc1CN1CCCC(CS(C)(=O)=O)C1. The standard InChI is InChI=1S/C15H23NO2S2/c1-19-15-8-4-3-7-14(15)11-16-9-5-6-13(10-16)12-20(2,17)18/h3-4,7-8,13H,5-6,9-12H2,1-2H3. The lowest BCUT2D eigenvalue weighted by atomic mass is 9.99. The second-order valence-corrected chi connectivity index (χ2v) is 8.68. The maximum atomic E-state index is 11.4. The third-order valence-corrected chi connectivity index (χ3v) is 5.64. The normalized spacial score (nSPS) is 21.0. The second-order valence-electron chi connectivity index (χ2n) is 5.65. The van der Waals surface area contributed by atoms with Crippen molar-refractivity contribution in [2.24, 2.45) is 5.92 Å². The predicted octanol–water partition coefficient (Wildman–Crippen LogP) is 2.67. The number of hydrogen-bond acceptors (Lipinski definition) is 4. The van der Waals surface area contributed by atoms with Crippen LogP contribution in [-0.4, -0.2) is 44.7 Å². The Balaban J connectivity index is 1.99. The molecule has 1 aliphatic rings. The highest BCUT2D eigenvalue weighted by molar-refractivity contribution is 7.98. The summed E-state index contributed by atoms with van der Waals surface area (Å²) in [7, 11) is -2.86. The zero-order valence-electron chi connectivity index (χ0n) is 12.2. The van der Waals surface area contributed by atoms with E-state index in [4.69, 9.17) is 0 Å². The Morgan fingerprint density at radius 1 is 1.35 bits per heavy atom. The molecular formula is C15H23NO2S2. The maximum absolute atomic E-state index is 11.4. The van der Waals surface area contributed by atoms with Gasteiger partial charge in [-0.15, -0.1) is 11.8 Å². The van der Waals surface area contributed by atoms with Gasteiger partial charge in [0.2, 0.25) is 0 Å². The number of benzene rings is 1. The van der Waals surface area contributed by atoms with Crippen molar-refractivity contribution in [3.8, 4) is 0 Å². The molecule has 1 aromatic rings. The van der Waals surface area contributed by atoms with E-state index < -0.39 is 9.84 Å². The van der Waals surface area contributed by atoms with Crippen LogP contribution in [0.3, 0.4) is 0 Å². The molecule has 0 saturated carbocycles. The first-order valence-electron chi connectivity index (χ1n) is 7.00. The highest BCUT2D eigenvalue weighted by Gasteiger charge is 2.23. The molecule has 1 aromatic carbocycles. The van der Waals surface area contributed by atoms with Gasteiger partial charge >= 0.3 is 0 Å². The summed E-state index contributed by atoms with van der Waals surface area (Å²) in [5.74, 6) is 0.619. The zero-order chi connectivity index (χ0) is 14.6. The summed E-state index contributed by atoms with van der Waals surface area (Å²) < 4.78 is 22.9. The van der Waals surface area contributed by atoms with Crippen molar-refractivity contribution < 1.29 is 8.42 Å². The van der Waals surface area contributed by atoms with E-state index in [0.29, 0.717) is 11.7 Å². The van der Waals surface area contributed by atoms with E-state index in [-0.39, 0.29) is 0 Å². The van der Waals surface area contributed by atoms with E-state index in [9.17, 15) is 8.42 Å². The molecule has 1 unspecified atom stereocenters. The minimum absolute atomic E-state index is 0.292. The molecule has 0 aromatic heterocycles. The topological polar surface area (TPSA) is 37.4 Å². The van der Waals surface area contributed by atoms with Crippen molar-refractivity contribution >= 4 is 21.6 Å². The Hall–Kier alpha value is -0.520. The van der Waals surface area contributed by atoms with Gasteiger partial charge in [0.1, 0.15) is 9.84 Å². The molecule has 0 aliphatic carbocycles. The third-order valence-electron chi connectivity index (χ3n) is 3.73. The average molecular weight is 313 g/mol. The van der Waals surface area contributed by atoms with Crippen molar-refractivity contribution in [3.63, 3.8) is 0 Å². The number of nitrogens with zero attached hydrogens (tertiary/aromatic N) is 1. The fourth-order valence-electron chi connectivity index (χ4n) is 2.93. The van der Waals surface area contributed by atoms with Crippen molar-refractivity contribution in [2.45, 2.75) is 24.3 Å². The number of hydrogen-bond donors (Lipinski definition) is 0. The molecule has 0 amide bonds. The first-order valence-corrected chi connectivity index (χ1v) is 10.3. The van der Waals surface area contributed by atoms with Crippen LogP contribution in [0.2, 0.25) is 0 Å². The average Bonchev–Trinajstić information content (AvgIpc) is 2.38. The van der Waals surface area contributed by atoms with Gasteiger partial charge in [-0.3, -0.25) is 4.90 Å². The van der Waals surface area contributed by atoms with Crippen molar-refractivity contribution in [1.29, 1.82) is 0 Å². The molecule has 1 saturated heterocycles. The summed E-state index contributed by atoms with van der Waals surface area (Å²) in [5, 5.41) is 0. The molecule has 3 nitrogen and oxygen atoms in total. The molecule has 0 N–H and O–H groups in total. The smallest absolute Gasteiger partial charge is 0.147 e. The fourth-order valence-corrected chi connectivity index (χ4v) is 4.67. The number of likely N-dealkylation sites (tertiary alicyclic amines) is 1. The Kier molecular flexibility index (Phi) is 5.52. The number of piperidine rings is 1. The molecule has 1 fully saturated rings. The molecular weight excluding hydrogens is 290 g/mol. The molecule has 0 bridgehead atoms. The summed E-state index contributed by atoms with van der Waals surface area (Å²) in [6.45, 7) is 2.90. The van der Waals surface area contributed by atoms with Gasteiger partial charge in [-0.2, -0.15) is 0 Å². The summed E-state index contributed by atoms with van der Waals surface area (Å²) in [6.07, 6.45) is 5.58. The lowest BCUT2D eigenvalue weighted by Gasteiger charge is -2.32. The number of sulfone groups is 1. The van der Waals surface area contributed by atoms with Gasteiger partial charge < -0.3 is 0 Å². The summed E-state index contributed by atoms with van der Waals surface area (Å²) in [5.41, 5.74) is 1.35. The highest BCUT2D eigenvalue weighted by atomic mass is 32.2. The minimum Gasteiger partial charge on any atom is -0.299 e. The lowest BCUT2D eigenvalue weighted by Crippen LogP contribution is -2.37. The van der Waals surface area contributed by atoms with Gasteiger partial charge in [0.25, 0.3) is 0 Å². The summed E-state index contributed by atoms with van der Waals surface area (Å²) in [4.78, 5) is 3.71. The quantitative estimate of drug-likeness (QED) is 0.783. The molecule has 20 heavy (non-hydrogen) atoms. The molecule has 1 atom stereocenters. The summed E-state index contributed by atoms with van der Waals surface area (Å²) >= 11 is 1.77. The Morgan fingerprint density at radius 3 is 2.80 bits per heavy atom. The lowest BCUT2D eigenvalue weighted by molar-refractivity contribution is 0.177. The van der Waals surface area contributed by atoms with E-state index in [1.54, 1.807) is 11.8 Å². The maximum Gasteiger partial charge on any atom is 0.147 e. The van der Waals surface area contributed by atoms with E-state index in [1.807, 2.05) is 0 Å². The van der Waals surface area contributed by atoms with E-state index >= 15 is 0 Å². The largest absolute Gasteiger partial charge is 0.299 e. The van der Waals surface area contributed by atoms with Crippen molar-refractivity contribution in [3.05, 3.63) is 29.8 Å². The Bertz CT molecular complexity index is 543. The van der Waals surface area contributed by atoms with Crippen LogP contribution in [-0.2, 0) is 16.4 Å². The van der Waals surface area contributed by atoms with Crippen LogP contribution in [0.15, 0.2) is 29.2 Å². The first kappa shape index (κ1) is 15.9. The van der Waals surface area contributed by atoms with Crippen LogP contribution in [0.4, 0.5) is 0 Å². The first-order chi connectivity index (χ1) is 9.48. The Morgan fingerprint density at radius 2 is 2.10 bits per heavy atom. The molecule has 112 valence electrons. The van der Waals surface area contributed by atoms with Gasteiger partial charge in [0.15, 0.2) is 0 Å². The zero-order valence-corrected chi connectivity index (χ0v) is 13.8. The molecule has 1 aliphatic heterocycles. The van der Waals surface area contributed by atoms with Gasteiger partial charge in [-0.05, 0) is 43.2 Å². The van der Waals surface area contributed by atoms with Crippen LogP contribution in [0.1, 0.15) is 18.4 Å². The van der Waals surface area contributed by atoms with Crippen LogP contribution in [0, 0.1) is 5.92 Å². The predicted molar refractivity (Wildman–Crippen MR) is 85.9 cm³/mol. The minimum atomic E-state index is -2.86. The van der Waals surface area contributed by atoms with Crippen LogP contribution >= 0.6 is 11.8 Å². The fraction of sp³-hybridized carbons (Fsp3) is 0.600. The molecule has 0 spiro atoms. The van der Waals surface area contributed by atoms with Crippen LogP contribution < -0.4 is 0 Å². The Labute approximate surface area is 126 Å². The highest BCUT2D eigenvalue weighted by Crippen LogP contribution is 2.24. The van der Waals surface area contributed by atoms with Gasteiger partial charge in [0, 0.05) is 24.2 Å². The number of rotatable bonds is 5. The van der Waals surface area contributed by atoms with Gasteiger partial charge in [-0.25, -0.2) is 8.42 Å².